The number of hydrogen-bond donors (Lipinski definition) is 2. The predicted molar refractivity (Wildman–Crippen MR) is 59.8 cm³/mol. The minimum atomic E-state index is -1.16. The van der Waals surface area contributed by atoms with Gasteiger partial charge in [0.05, 0.1) is 0 Å². The largest absolute Gasteiger partial charge is 0.494 e. The molecule has 1 aromatic rings. The fourth-order valence-corrected chi connectivity index (χ4v) is 1.31. The van der Waals surface area contributed by atoms with Gasteiger partial charge in [-0.3, -0.25) is 4.79 Å². The number of aromatic carboxylic acids is 1. The van der Waals surface area contributed by atoms with Crippen molar-refractivity contribution in [3.63, 3.8) is 0 Å². The Kier molecular flexibility index (Phi) is 3.42. The predicted octanol–water partition coefficient (Wildman–Crippen LogP) is 0.607. The Hall–Kier alpha value is -2.57. The molecule has 94 valence electrons. The van der Waals surface area contributed by atoms with E-state index in [-0.39, 0.29) is 11.5 Å². The number of anilines is 1. The van der Waals surface area contributed by atoms with Gasteiger partial charge >= 0.3 is 5.97 Å². The average Bonchev–Trinajstić information content (AvgIpc) is 2.40. The second kappa shape index (κ2) is 5.17. The molecule has 1 aliphatic rings. The highest BCUT2D eigenvalue weighted by molar-refractivity contribution is 6.02. The maximum absolute atomic E-state index is 11.7. The Morgan fingerprint density at radius 3 is 2.89 bits per heavy atom. The summed E-state index contributed by atoms with van der Waals surface area (Å²) in [7, 11) is 0. The summed E-state index contributed by atoms with van der Waals surface area (Å²) in [6.07, 6.45) is 2.52. The lowest BCUT2D eigenvalue weighted by molar-refractivity contribution is -0.117. The van der Waals surface area contributed by atoms with Crippen LogP contribution in [0.3, 0.4) is 0 Å². The highest BCUT2D eigenvalue weighted by atomic mass is 16.6. The molecule has 0 spiro atoms. The zero-order valence-corrected chi connectivity index (χ0v) is 9.25. The molecule has 0 atom stereocenters. The van der Waals surface area contributed by atoms with E-state index < -0.39 is 11.9 Å². The van der Waals surface area contributed by atoms with Crippen LogP contribution in [0.2, 0.25) is 0 Å². The summed E-state index contributed by atoms with van der Waals surface area (Å²) in [6, 6.07) is 2.74. The monoisotopic (exact) mass is 250 g/mol. The number of amides is 1. The summed E-state index contributed by atoms with van der Waals surface area (Å²) in [4.78, 5) is 26.0. The lowest BCUT2D eigenvalue weighted by atomic mass is 10.3. The van der Waals surface area contributed by atoms with E-state index in [1.54, 1.807) is 0 Å². The molecule has 2 N–H and O–H groups in total. The van der Waals surface area contributed by atoms with Crippen LogP contribution >= 0.6 is 0 Å². The number of ether oxygens (including phenoxy) is 2. The molecule has 0 aliphatic carbocycles. The molecule has 0 unspecified atom stereocenters. The van der Waals surface area contributed by atoms with E-state index in [0.717, 1.165) is 0 Å². The smallest absolute Gasteiger partial charge is 0.354 e. The molecule has 0 saturated heterocycles. The van der Waals surface area contributed by atoms with Crippen LogP contribution in [0, 0.1) is 0 Å². The van der Waals surface area contributed by atoms with E-state index in [1.165, 1.54) is 24.6 Å². The zero-order valence-electron chi connectivity index (χ0n) is 9.25. The molecule has 0 aromatic carbocycles. The Morgan fingerprint density at radius 2 is 2.22 bits per heavy atom. The third-order valence-electron chi connectivity index (χ3n) is 2.11. The zero-order chi connectivity index (χ0) is 13.0. The number of nitrogens with zero attached hydrogens (tertiary/aromatic N) is 1. The van der Waals surface area contributed by atoms with E-state index in [1.807, 2.05) is 0 Å². The van der Waals surface area contributed by atoms with Gasteiger partial charge in [-0.25, -0.2) is 9.78 Å². The SMILES string of the molecule is O=C(Nc1ccnc(C(=O)O)c1)C1=COCCO1. The Labute approximate surface area is 102 Å². The van der Waals surface area contributed by atoms with Crippen LogP contribution in [0.25, 0.3) is 0 Å². The first-order valence-electron chi connectivity index (χ1n) is 5.12. The molecule has 1 aliphatic heterocycles. The van der Waals surface area contributed by atoms with Gasteiger partial charge in [-0.1, -0.05) is 0 Å². The minimum absolute atomic E-state index is 0.0509. The van der Waals surface area contributed by atoms with Gasteiger partial charge in [-0.15, -0.1) is 0 Å². The molecule has 18 heavy (non-hydrogen) atoms. The van der Waals surface area contributed by atoms with Crippen LogP contribution in [-0.2, 0) is 14.3 Å². The number of aromatic nitrogens is 1. The number of pyridine rings is 1. The molecule has 0 saturated carbocycles. The van der Waals surface area contributed by atoms with E-state index in [0.29, 0.717) is 18.9 Å². The molecule has 0 radical (unpaired) electrons. The fourth-order valence-electron chi connectivity index (χ4n) is 1.31. The maximum Gasteiger partial charge on any atom is 0.354 e. The summed E-state index contributed by atoms with van der Waals surface area (Å²) in [6.45, 7) is 0.700. The highest BCUT2D eigenvalue weighted by Crippen LogP contribution is 2.11. The molecule has 1 amide bonds. The molecule has 2 rings (SSSR count). The van der Waals surface area contributed by atoms with Crippen LogP contribution in [-0.4, -0.2) is 35.2 Å². The van der Waals surface area contributed by atoms with Crippen LogP contribution in [0.5, 0.6) is 0 Å². The lowest BCUT2D eigenvalue weighted by Gasteiger charge is -2.15. The van der Waals surface area contributed by atoms with Gasteiger partial charge in [0.25, 0.3) is 5.91 Å². The van der Waals surface area contributed by atoms with Gasteiger partial charge in [0.1, 0.15) is 25.2 Å². The number of carboxylic acids is 1. The Bertz CT molecular complexity index is 512. The number of carbonyl (C=O) groups excluding carboxylic acids is 1. The number of hydrogen-bond acceptors (Lipinski definition) is 5. The van der Waals surface area contributed by atoms with Crippen molar-refractivity contribution in [1.29, 1.82) is 0 Å². The van der Waals surface area contributed by atoms with Crippen molar-refractivity contribution in [2.45, 2.75) is 0 Å². The van der Waals surface area contributed by atoms with Crippen LogP contribution in [0.15, 0.2) is 30.4 Å². The molecule has 0 bridgehead atoms. The van der Waals surface area contributed by atoms with Crippen LogP contribution in [0.1, 0.15) is 10.5 Å². The molecule has 0 fully saturated rings. The van der Waals surface area contributed by atoms with E-state index in [2.05, 4.69) is 10.3 Å². The third-order valence-corrected chi connectivity index (χ3v) is 2.11. The van der Waals surface area contributed by atoms with Crippen molar-refractivity contribution in [2.24, 2.45) is 0 Å². The first-order valence-corrected chi connectivity index (χ1v) is 5.12. The van der Waals surface area contributed by atoms with Crippen molar-refractivity contribution in [3.8, 4) is 0 Å². The van der Waals surface area contributed by atoms with Crippen molar-refractivity contribution >= 4 is 17.6 Å². The standard InChI is InChI=1S/C11H10N2O5/c14-10(9-6-17-3-4-18-9)13-7-1-2-12-8(5-7)11(15)16/h1-2,5-6H,3-4H2,(H,15,16)(H,12,13,14). The second-order valence-electron chi connectivity index (χ2n) is 3.39. The molecule has 7 heteroatoms. The van der Waals surface area contributed by atoms with E-state index in [9.17, 15) is 9.59 Å². The highest BCUT2D eigenvalue weighted by Gasteiger charge is 2.15. The maximum atomic E-state index is 11.7. The summed E-state index contributed by atoms with van der Waals surface area (Å²) in [5.41, 5.74) is 0.171. The molecular formula is C11H10N2O5. The van der Waals surface area contributed by atoms with E-state index >= 15 is 0 Å². The van der Waals surface area contributed by atoms with Gasteiger partial charge < -0.3 is 19.9 Å². The van der Waals surface area contributed by atoms with Gasteiger partial charge in [0, 0.05) is 11.9 Å². The average molecular weight is 250 g/mol. The van der Waals surface area contributed by atoms with Gasteiger partial charge in [-0.2, -0.15) is 0 Å². The van der Waals surface area contributed by atoms with Crippen LogP contribution in [0.4, 0.5) is 5.69 Å². The number of carboxylic acid groups (broad SMARTS) is 1. The Balaban J connectivity index is 2.09. The van der Waals surface area contributed by atoms with Crippen molar-refractivity contribution in [1.82, 2.24) is 4.98 Å². The first kappa shape index (κ1) is 11.9. The number of rotatable bonds is 3. The minimum Gasteiger partial charge on any atom is -0.494 e. The molecular weight excluding hydrogens is 240 g/mol. The molecule has 1 aromatic heterocycles. The number of carbonyl (C=O) groups is 2. The number of nitrogens with one attached hydrogen (secondary N) is 1. The van der Waals surface area contributed by atoms with Gasteiger partial charge in [0.15, 0.2) is 0 Å². The fraction of sp³-hybridized carbons (Fsp3) is 0.182. The Morgan fingerprint density at radius 1 is 1.39 bits per heavy atom. The first-order chi connectivity index (χ1) is 8.66. The lowest BCUT2D eigenvalue weighted by Crippen LogP contribution is -2.21. The van der Waals surface area contributed by atoms with Crippen molar-refractivity contribution in [2.75, 3.05) is 18.5 Å². The summed E-state index contributed by atoms with van der Waals surface area (Å²) in [5.74, 6) is -1.62. The van der Waals surface area contributed by atoms with Crippen molar-refractivity contribution < 1.29 is 24.2 Å². The normalized spacial score (nSPS) is 13.9. The van der Waals surface area contributed by atoms with Crippen molar-refractivity contribution in [3.05, 3.63) is 36.0 Å². The van der Waals surface area contributed by atoms with Crippen LogP contribution < -0.4 is 5.32 Å². The second-order valence-corrected chi connectivity index (χ2v) is 3.39. The van der Waals surface area contributed by atoms with Gasteiger partial charge in [0.2, 0.25) is 5.76 Å². The quantitative estimate of drug-likeness (QED) is 0.815. The summed E-state index contributed by atoms with van der Waals surface area (Å²) in [5, 5.41) is 11.3. The molecule has 2 heterocycles. The topological polar surface area (TPSA) is 97.8 Å². The molecule has 7 nitrogen and oxygen atoms in total. The van der Waals surface area contributed by atoms with Gasteiger partial charge in [-0.05, 0) is 12.1 Å². The summed E-state index contributed by atoms with van der Waals surface area (Å²) >= 11 is 0. The summed E-state index contributed by atoms with van der Waals surface area (Å²) < 4.78 is 10.0. The third kappa shape index (κ3) is 2.76. The van der Waals surface area contributed by atoms with E-state index in [4.69, 9.17) is 14.6 Å².